The van der Waals surface area contributed by atoms with Gasteiger partial charge in [-0.05, 0) is 43.2 Å². The van der Waals surface area contributed by atoms with E-state index >= 15 is 0 Å². The minimum absolute atomic E-state index is 0.0534. The fourth-order valence-electron chi connectivity index (χ4n) is 3.82. The van der Waals surface area contributed by atoms with Crippen molar-refractivity contribution in [2.45, 2.75) is 18.9 Å². The van der Waals surface area contributed by atoms with Crippen LogP contribution >= 0.6 is 11.8 Å². The smallest absolute Gasteiger partial charge is 0.283 e. The van der Waals surface area contributed by atoms with E-state index in [4.69, 9.17) is 0 Å². The van der Waals surface area contributed by atoms with E-state index in [1.165, 1.54) is 28.6 Å². The summed E-state index contributed by atoms with van der Waals surface area (Å²) in [6.07, 6.45) is 0. The molecule has 0 unspecified atom stereocenters. The van der Waals surface area contributed by atoms with E-state index in [-0.39, 0.29) is 17.2 Å². The number of hydrogen-bond donors (Lipinski definition) is 0. The van der Waals surface area contributed by atoms with Crippen LogP contribution in [-0.2, 0) is 11.8 Å². The van der Waals surface area contributed by atoms with E-state index in [9.17, 15) is 9.59 Å². The molecule has 3 aromatic rings. The highest BCUT2D eigenvalue weighted by atomic mass is 32.2. The summed E-state index contributed by atoms with van der Waals surface area (Å²) in [4.78, 5) is 34.0. The third kappa shape index (κ3) is 4.07. The van der Waals surface area contributed by atoms with Crippen molar-refractivity contribution in [3.8, 4) is 0 Å². The van der Waals surface area contributed by atoms with Gasteiger partial charge in [0, 0.05) is 38.9 Å². The minimum atomic E-state index is -0.161. The van der Waals surface area contributed by atoms with Crippen LogP contribution in [-0.4, -0.2) is 52.3 Å². The highest BCUT2D eigenvalue weighted by Crippen LogP contribution is 2.23. The standard InChI is InChI=1S/C23H26N4O2S/c1-16-8-9-17(2)20(14-16)26-10-12-27(13-11-26)21(28)15-30-22-23(29)25(3)19-7-5-4-6-18(19)24-22/h4-9,14H,10-13,15H2,1-3H3. The molecule has 0 bridgehead atoms. The summed E-state index contributed by atoms with van der Waals surface area (Å²) in [5.41, 5.74) is 5.15. The van der Waals surface area contributed by atoms with Crippen LogP contribution in [0.25, 0.3) is 11.0 Å². The first-order valence-corrected chi connectivity index (χ1v) is 11.1. The average molecular weight is 423 g/mol. The fraction of sp³-hybridized carbons (Fsp3) is 0.348. The van der Waals surface area contributed by atoms with Gasteiger partial charge < -0.3 is 14.4 Å². The van der Waals surface area contributed by atoms with Crippen LogP contribution in [0.2, 0.25) is 0 Å². The van der Waals surface area contributed by atoms with E-state index in [1.807, 2.05) is 29.2 Å². The Hall–Kier alpha value is -2.80. The van der Waals surface area contributed by atoms with Crippen LogP contribution in [0.4, 0.5) is 5.69 Å². The zero-order valence-electron chi connectivity index (χ0n) is 17.6. The van der Waals surface area contributed by atoms with Crippen LogP contribution < -0.4 is 10.5 Å². The Balaban J connectivity index is 1.39. The Bertz CT molecular complexity index is 1150. The van der Waals surface area contributed by atoms with Gasteiger partial charge in [0.1, 0.15) is 0 Å². The first-order valence-electron chi connectivity index (χ1n) is 10.1. The Morgan fingerprint density at radius 1 is 1.07 bits per heavy atom. The molecule has 1 fully saturated rings. The molecule has 4 rings (SSSR count). The van der Waals surface area contributed by atoms with Crippen molar-refractivity contribution in [2.75, 3.05) is 36.8 Å². The molecule has 30 heavy (non-hydrogen) atoms. The number of nitrogens with zero attached hydrogens (tertiary/aromatic N) is 4. The molecule has 0 aliphatic carbocycles. The Morgan fingerprint density at radius 3 is 2.57 bits per heavy atom. The lowest BCUT2D eigenvalue weighted by Gasteiger charge is -2.37. The number of piperazine rings is 1. The van der Waals surface area contributed by atoms with Gasteiger partial charge in [-0.1, -0.05) is 36.0 Å². The van der Waals surface area contributed by atoms with Crippen LogP contribution in [0.5, 0.6) is 0 Å². The lowest BCUT2D eigenvalue weighted by Crippen LogP contribution is -2.49. The third-order valence-corrected chi connectivity index (χ3v) is 6.55. The molecular weight excluding hydrogens is 396 g/mol. The molecule has 7 heteroatoms. The summed E-state index contributed by atoms with van der Waals surface area (Å²) < 4.78 is 1.60. The second-order valence-electron chi connectivity index (χ2n) is 7.72. The molecule has 0 saturated carbocycles. The molecular formula is C23H26N4O2S. The largest absolute Gasteiger partial charge is 0.368 e. The molecule has 6 nitrogen and oxygen atoms in total. The number of para-hydroxylation sites is 2. The number of benzene rings is 2. The second kappa shape index (κ2) is 8.52. The monoisotopic (exact) mass is 422 g/mol. The molecule has 156 valence electrons. The maximum atomic E-state index is 12.7. The van der Waals surface area contributed by atoms with E-state index in [2.05, 4.69) is 41.9 Å². The molecule has 0 spiro atoms. The maximum Gasteiger partial charge on any atom is 0.283 e. The van der Waals surface area contributed by atoms with Crippen molar-refractivity contribution in [3.05, 3.63) is 63.9 Å². The summed E-state index contributed by atoms with van der Waals surface area (Å²) in [7, 11) is 1.74. The van der Waals surface area contributed by atoms with Crippen molar-refractivity contribution in [1.29, 1.82) is 0 Å². The Morgan fingerprint density at radius 2 is 1.80 bits per heavy atom. The quantitative estimate of drug-likeness (QED) is 0.605. The number of aromatic nitrogens is 2. The topological polar surface area (TPSA) is 58.4 Å². The number of thioether (sulfide) groups is 1. The van der Waals surface area contributed by atoms with Crippen LogP contribution in [0.15, 0.2) is 52.3 Å². The number of fused-ring (bicyclic) bond motifs is 1. The first-order chi connectivity index (χ1) is 14.4. The first kappa shape index (κ1) is 20.5. The molecule has 1 aromatic heterocycles. The number of amides is 1. The number of anilines is 1. The third-order valence-electron chi connectivity index (χ3n) is 5.62. The molecule has 1 aliphatic heterocycles. The normalized spacial score (nSPS) is 14.4. The summed E-state index contributed by atoms with van der Waals surface area (Å²) >= 11 is 1.23. The molecule has 1 saturated heterocycles. The molecule has 0 radical (unpaired) electrons. The van der Waals surface area contributed by atoms with Crippen molar-refractivity contribution < 1.29 is 4.79 Å². The SMILES string of the molecule is Cc1ccc(C)c(N2CCN(C(=O)CSc3nc4ccccc4n(C)c3=O)CC2)c1. The highest BCUT2D eigenvalue weighted by molar-refractivity contribution is 7.99. The lowest BCUT2D eigenvalue weighted by molar-refractivity contribution is -0.128. The molecule has 2 heterocycles. The number of hydrogen-bond acceptors (Lipinski definition) is 5. The van der Waals surface area contributed by atoms with Gasteiger partial charge in [-0.3, -0.25) is 9.59 Å². The van der Waals surface area contributed by atoms with E-state index in [0.29, 0.717) is 18.1 Å². The molecule has 1 aliphatic rings. The second-order valence-corrected chi connectivity index (χ2v) is 8.68. The Kier molecular flexibility index (Phi) is 5.81. The zero-order valence-corrected chi connectivity index (χ0v) is 18.4. The lowest BCUT2D eigenvalue weighted by atomic mass is 10.1. The molecule has 2 aromatic carbocycles. The highest BCUT2D eigenvalue weighted by Gasteiger charge is 2.23. The van der Waals surface area contributed by atoms with Gasteiger partial charge in [0.05, 0.1) is 16.8 Å². The summed E-state index contributed by atoms with van der Waals surface area (Å²) in [5.74, 6) is 0.280. The van der Waals surface area contributed by atoms with Gasteiger partial charge in [-0.25, -0.2) is 4.98 Å². The van der Waals surface area contributed by atoms with Crippen molar-refractivity contribution in [3.63, 3.8) is 0 Å². The van der Waals surface area contributed by atoms with E-state index in [0.717, 1.165) is 24.1 Å². The van der Waals surface area contributed by atoms with Crippen molar-refractivity contribution >= 4 is 34.4 Å². The van der Waals surface area contributed by atoms with Gasteiger partial charge >= 0.3 is 0 Å². The van der Waals surface area contributed by atoms with Crippen molar-refractivity contribution in [2.24, 2.45) is 7.05 Å². The van der Waals surface area contributed by atoms with Crippen LogP contribution in [0.1, 0.15) is 11.1 Å². The van der Waals surface area contributed by atoms with Crippen LogP contribution in [0, 0.1) is 13.8 Å². The summed E-state index contributed by atoms with van der Waals surface area (Å²) in [6, 6.07) is 14.0. The number of carbonyl (C=O) groups is 1. The summed E-state index contributed by atoms with van der Waals surface area (Å²) in [6.45, 7) is 7.24. The van der Waals surface area contributed by atoms with Gasteiger partial charge in [0.15, 0.2) is 5.03 Å². The Labute approximate surface area is 180 Å². The van der Waals surface area contributed by atoms with Crippen LogP contribution in [0.3, 0.4) is 0 Å². The predicted octanol–water partition coefficient (Wildman–Crippen LogP) is 2.99. The summed E-state index contributed by atoms with van der Waals surface area (Å²) in [5, 5.41) is 0.374. The molecule has 1 amide bonds. The number of carbonyl (C=O) groups excluding carboxylic acids is 1. The number of rotatable bonds is 4. The average Bonchev–Trinajstić information content (AvgIpc) is 2.77. The zero-order chi connectivity index (χ0) is 21.3. The predicted molar refractivity (Wildman–Crippen MR) is 122 cm³/mol. The molecule has 0 atom stereocenters. The van der Waals surface area contributed by atoms with Gasteiger partial charge in [0.2, 0.25) is 5.91 Å². The van der Waals surface area contributed by atoms with Gasteiger partial charge in [0.25, 0.3) is 5.56 Å². The van der Waals surface area contributed by atoms with E-state index in [1.54, 1.807) is 11.6 Å². The fourth-order valence-corrected chi connectivity index (χ4v) is 4.69. The van der Waals surface area contributed by atoms with Gasteiger partial charge in [-0.15, -0.1) is 0 Å². The maximum absolute atomic E-state index is 12.7. The van der Waals surface area contributed by atoms with Crippen molar-refractivity contribution in [1.82, 2.24) is 14.5 Å². The molecule has 0 N–H and O–H groups in total. The minimum Gasteiger partial charge on any atom is -0.368 e. The number of aryl methyl sites for hydroxylation is 3. The van der Waals surface area contributed by atoms with E-state index < -0.39 is 0 Å². The van der Waals surface area contributed by atoms with Gasteiger partial charge in [-0.2, -0.15) is 0 Å².